The minimum Gasteiger partial charge on any atom is -0.308 e. The van der Waals surface area contributed by atoms with Crippen molar-refractivity contribution < 1.29 is 4.79 Å². The van der Waals surface area contributed by atoms with E-state index in [0.29, 0.717) is 11.3 Å². The first kappa shape index (κ1) is 20.1. The Bertz CT molecular complexity index is 1070. The summed E-state index contributed by atoms with van der Waals surface area (Å²) in [5.74, 6) is 0.431. The summed E-state index contributed by atoms with van der Waals surface area (Å²) in [6, 6.07) is 20.1. The van der Waals surface area contributed by atoms with Gasteiger partial charge in [0.2, 0.25) is 0 Å². The molecule has 0 atom stereocenters. The van der Waals surface area contributed by atoms with Gasteiger partial charge < -0.3 is 4.57 Å². The fourth-order valence-corrected chi connectivity index (χ4v) is 4.70. The van der Waals surface area contributed by atoms with Crippen molar-refractivity contribution in [2.24, 2.45) is 0 Å². The molecule has 0 radical (unpaired) electrons. The van der Waals surface area contributed by atoms with Crippen LogP contribution < -0.4 is 0 Å². The maximum atomic E-state index is 12.6. The molecule has 7 heteroatoms. The van der Waals surface area contributed by atoms with Gasteiger partial charge in [-0.3, -0.25) is 4.79 Å². The molecule has 4 aromatic rings. The lowest BCUT2D eigenvalue weighted by atomic mass is 10.0. The molecule has 0 spiro atoms. The Kier molecular flexibility index (Phi) is 6.59. The second kappa shape index (κ2) is 9.52. The molecule has 0 aliphatic heterocycles. The fraction of sp³-hybridized carbons (Fsp3) is 0.136. The lowest BCUT2D eigenvalue weighted by Crippen LogP contribution is -2.05. The van der Waals surface area contributed by atoms with Crippen molar-refractivity contribution in [2.75, 3.05) is 5.75 Å². The molecule has 2 heterocycles. The number of carbonyl (C=O) groups is 1. The van der Waals surface area contributed by atoms with Crippen molar-refractivity contribution in [1.82, 2.24) is 14.8 Å². The predicted molar refractivity (Wildman–Crippen MR) is 123 cm³/mol. The van der Waals surface area contributed by atoms with Gasteiger partial charge in [-0.15, -0.1) is 21.5 Å². The highest BCUT2D eigenvalue weighted by molar-refractivity contribution is 9.10. The second-order valence-electron chi connectivity index (χ2n) is 6.43. The summed E-state index contributed by atoms with van der Waals surface area (Å²) in [5, 5.41) is 11.0. The molecular formula is C22H18BrN3OS2. The summed E-state index contributed by atoms with van der Waals surface area (Å²) < 4.78 is 3.06. The Labute approximate surface area is 186 Å². The van der Waals surface area contributed by atoms with Crippen LogP contribution in [0.4, 0.5) is 0 Å². The van der Waals surface area contributed by atoms with E-state index in [9.17, 15) is 4.79 Å². The van der Waals surface area contributed by atoms with Gasteiger partial charge in [-0.1, -0.05) is 70.2 Å². The highest BCUT2D eigenvalue weighted by Gasteiger charge is 2.11. The van der Waals surface area contributed by atoms with E-state index in [-0.39, 0.29) is 5.78 Å². The molecule has 0 fully saturated rings. The molecule has 2 aromatic heterocycles. The van der Waals surface area contributed by atoms with E-state index < -0.39 is 0 Å². The van der Waals surface area contributed by atoms with E-state index >= 15 is 0 Å². The monoisotopic (exact) mass is 483 g/mol. The number of carbonyl (C=O) groups excluding carboxylic acids is 1. The first-order chi connectivity index (χ1) is 14.2. The van der Waals surface area contributed by atoms with Crippen LogP contribution in [0, 0.1) is 0 Å². The molecule has 0 bridgehead atoms. The topological polar surface area (TPSA) is 47.8 Å². The molecule has 29 heavy (non-hydrogen) atoms. The maximum absolute atomic E-state index is 12.6. The van der Waals surface area contributed by atoms with E-state index in [1.807, 2.05) is 41.0 Å². The molecule has 0 aliphatic rings. The average Bonchev–Trinajstić information content (AvgIpc) is 3.43. The number of benzene rings is 2. The summed E-state index contributed by atoms with van der Waals surface area (Å²) in [7, 11) is 0. The smallest absolute Gasteiger partial charge is 0.191 e. The van der Waals surface area contributed by atoms with Crippen LogP contribution in [0.1, 0.15) is 15.2 Å². The molecule has 4 rings (SSSR count). The number of halogens is 1. The Morgan fingerprint density at radius 3 is 2.45 bits per heavy atom. The van der Waals surface area contributed by atoms with Gasteiger partial charge in [0.15, 0.2) is 10.9 Å². The number of nitrogens with zero attached hydrogens (tertiary/aromatic N) is 3. The lowest BCUT2D eigenvalue weighted by molar-refractivity contribution is 0.102. The first-order valence-corrected chi connectivity index (χ1v) is 11.8. The highest BCUT2D eigenvalue weighted by atomic mass is 79.9. The lowest BCUT2D eigenvalue weighted by Gasteiger charge is -2.06. The SMILES string of the molecule is O=C(CSc1nncn1CCc1cccs1)c1ccc(-c2ccc(Br)cc2)cc1. The summed E-state index contributed by atoms with van der Waals surface area (Å²) in [5.41, 5.74) is 2.93. The summed E-state index contributed by atoms with van der Waals surface area (Å²) in [6.45, 7) is 0.811. The van der Waals surface area contributed by atoms with Crippen LogP contribution in [0.25, 0.3) is 11.1 Å². The number of thiophene rings is 1. The molecule has 0 aliphatic carbocycles. The van der Waals surface area contributed by atoms with E-state index in [1.165, 1.54) is 16.6 Å². The standard InChI is InChI=1S/C22H18BrN3OS2/c23-19-9-7-17(8-10-19)16-3-5-18(6-4-16)21(27)14-29-22-25-24-15-26(22)12-11-20-2-1-13-28-20/h1-10,13,15H,11-12,14H2. The van der Waals surface area contributed by atoms with Crippen LogP contribution in [0.3, 0.4) is 0 Å². The van der Waals surface area contributed by atoms with Crippen LogP contribution >= 0.6 is 39.0 Å². The molecule has 0 saturated carbocycles. The van der Waals surface area contributed by atoms with E-state index in [1.54, 1.807) is 17.7 Å². The first-order valence-electron chi connectivity index (χ1n) is 9.11. The molecule has 0 amide bonds. The van der Waals surface area contributed by atoms with E-state index in [4.69, 9.17) is 0 Å². The summed E-state index contributed by atoms with van der Waals surface area (Å²) in [6.07, 6.45) is 2.67. The molecule has 0 unspecified atom stereocenters. The second-order valence-corrected chi connectivity index (χ2v) is 9.32. The zero-order chi connectivity index (χ0) is 20.1. The third-order valence-electron chi connectivity index (χ3n) is 4.48. The number of aromatic nitrogens is 3. The quantitative estimate of drug-likeness (QED) is 0.228. The van der Waals surface area contributed by atoms with Crippen LogP contribution in [0.5, 0.6) is 0 Å². The molecule has 0 saturated heterocycles. The maximum Gasteiger partial charge on any atom is 0.191 e. The Morgan fingerprint density at radius 1 is 1.03 bits per heavy atom. The number of Topliss-reactive ketones (excluding diaryl/α,β-unsaturated/α-hetero) is 1. The Hall–Kier alpha value is -2.22. The normalized spacial score (nSPS) is 10.9. The van der Waals surface area contributed by atoms with Crippen molar-refractivity contribution in [3.8, 4) is 11.1 Å². The molecule has 0 N–H and O–H groups in total. The number of ketones is 1. The van der Waals surface area contributed by atoms with Gasteiger partial charge >= 0.3 is 0 Å². The van der Waals surface area contributed by atoms with Crippen LogP contribution in [-0.2, 0) is 13.0 Å². The van der Waals surface area contributed by atoms with Gasteiger partial charge in [-0.05, 0) is 41.1 Å². The highest BCUT2D eigenvalue weighted by Crippen LogP contribution is 2.23. The average molecular weight is 484 g/mol. The summed E-state index contributed by atoms with van der Waals surface area (Å²) in [4.78, 5) is 13.9. The van der Waals surface area contributed by atoms with Gasteiger partial charge in [0.25, 0.3) is 0 Å². The molecule has 146 valence electrons. The van der Waals surface area contributed by atoms with Gasteiger partial charge in [0.1, 0.15) is 6.33 Å². The minimum absolute atomic E-state index is 0.0881. The van der Waals surface area contributed by atoms with Crippen molar-refractivity contribution in [3.05, 3.63) is 87.3 Å². The molecule has 2 aromatic carbocycles. The van der Waals surface area contributed by atoms with E-state index in [0.717, 1.165) is 33.7 Å². The van der Waals surface area contributed by atoms with E-state index in [2.05, 4.69) is 55.8 Å². The van der Waals surface area contributed by atoms with Crippen molar-refractivity contribution in [2.45, 2.75) is 18.1 Å². The van der Waals surface area contributed by atoms with Crippen LogP contribution in [0.2, 0.25) is 0 Å². The van der Waals surface area contributed by atoms with Crippen molar-refractivity contribution in [3.63, 3.8) is 0 Å². The zero-order valence-electron chi connectivity index (χ0n) is 15.5. The van der Waals surface area contributed by atoms with Crippen LogP contribution in [-0.4, -0.2) is 26.3 Å². The predicted octanol–water partition coefficient (Wildman–Crippen LogP) is 5.99. The Balaban J connectivity index is 1.35. The van der Waals surface area contributed by atoms with Gasteiger partial charge in [-0.2, -0.15) is 0 Å². The number of rotatable bonds is 8. The van der Waals surface area contributed by atoms with Crippen molar-refractivity contribution in [1.29, 1.82) is 0 Å². The minimum atomic E-state index is 0.0881. The summed E-state index contributed by atoms with van der Waals surface area (Å²) >= 11 is 6.63. The molecule has 4 nitrogen and oxygen atoms in total. The van der Waals surface area contributed by atoms with Crippen LogP contribution in [0.15, 0.2) is 82.0 Å². The fourth-order valence-electron chi connectivity index (χ4n) is 2.90. The van der Waals surface area contributed by atoms with Gasteiger partial charge in [-0.25, -0.2) is 0 Å². The van der Waals surface area contributed by atoms with Gasteiger partial charge in [0, 0.05) is 21.5 Å². The Morgan fingerprint density at radius 2 is 1.76 bits per heavy atom. The third kappa shape index (κ3) is 5.23. The molecular weight excluding hydrogens is 466 g/mol. The number of aryl methyl sites for hydroxylation is 2. The number of hydrogen-bond donors (Lipinski definition) is 0. The van der Waals surface area contributed by atoms with Gasteiger partial charge in [0.05, 0.1) is 5.75 Å². The third-order valence-corrected chi connectivity index (χ3v) is 6.92. The van der Waals surface area contributed by atoms with Crippen molar-refractivity contribution >= 4 is 44.8 Å². The zero-order valence-corrected chi connectivity index (χ0v) is 18.7. The number of thioether (sulfide) groups is 1. The number of hydrogen-bond acceptors (Lipinski definition) is 5. The largest absolute Gasteiger partial charge is 0.308 e.